The summed E-state index contributed by atoms with van der Waals surface area (Å²) in [6.45, 7) is 0.463. The van der Waals surface area contributed by atoms with Gasteiger partial charge >= 0.3 is 0 Å². The van der Waals surface area contributed by atoms with Gasteiger partial charge in [-0.05, 0) is 29.8 Å². The van der Waals surface area contributed by atoms with Gasteiger partial charge in [0, 0.05) is 16.3 Å². The summed E-state index contributed by atoms with van der Waals surface area (Å²) in [6.07, 6.45) is 0. The van der Waals surface area contributed by atoms with E-state index < -0.39 is 0 Å². The maximum atomic E-state index is 9.11. The molecule has 0 aliphatic heterocycles. The van der Waals surface area contributed by atoms with E-state index in [0.29, 0.717) is 12.1 Å². The number of benzene rings is 2. The number of hydrogen-bond acceptors (Lipinski definition) is 3. The first-order valence-corrected chi connectivity index (χ1v) is 6.11. The Hall–Kier alpha value is -1.76. The second-order valence-electron chi connectivity index (χ2n) is 3.56. The van der Waals surface area contributed by atoms with E-state index in [4.69, 9.17) is 11.0 Å². The number of hydrogen-bond donors (Lipinski definition) is 1. The van der Waals surface area contributed by atoms with Gasteiger partial charge in [-0.3, -0.25) is 0 Å². The van der Waals surface area contributed by atoms with Crippen LogP contribution in [0.2, 0.25) is 0 Å². The lowest BCUT2D eigenvalue weighted by Crippen LogP contribution is -1.96. The second-order valence-corrected chi connectivity index (χ2v) is 4.68. The number of nitrogens with zero attached hydrogens (tertiary/aromatic N) is 1. The van der Waals surface area contributed by atoms with Gasteiger partial charge in [0.15, 0.2) is 0 Å². The van der Waals surface area contributed by atoms with Gasteiger partial charge in [-0.15, -0.1) is 0 Å². The van der Waals surface area contributed by atoms with Crippen LogP contribution in [0.25, 0.3) is 0 Å². The van der Waals surface area contributed by atoms with Crippen LogP contribution in [0.1, 0.15) is 11.1 Å². The van der Waals surface area contributed by atoms with Crippen LogP contribution >= 0.6 is 11.8 Å². The Balaban J connectivity index is 2.31. The molecule has 2 aromatic carbocycles. The van der Waals surface area contributed by atoms with Crippen LogP contribution in [0, 0.1) is 11.3 Å². The van der Waals surface area contributed by atoms with Gasteiger partial charge in [0.1, 0.15) is 6.07 Å². The summed E-state index contributed by atoms with van der Waals surface area (Å²) < 4.78 is 0. The summed E-state index contributed by atoms with van der Waals surface area (Å²) >= 11 is 1.59. The lowest BCUT2D eigenvalue weighted by atomic mass is 10.1. The van der Waals surface area contributed by atoms with Gasteiger partial charge in [0.05, 0.1) is 5.56 Å². The summed E-state index contributed by atoms with van der Waals surface area (Å²) in [7, 11) is 0. The Morgan fingerprint density at radius 1 is 1.12 bits per heavy atom. The summed E-state index contributed by atoms with van der Waals surface area (Å²) in [5.41, 5.74) is 7.23. The first-order chi connectivity index (χ1) is 8.33. The van der Waals surface area contributed by atoms with Crippen LogP contribution in [0.15, 0.2) is 58.3 Å². The van der Waals surface area contributed by atoms with E-state index in [1.54, 1.807) is 11.8 Å². The quantitative estimate of drug-likeness (QED) is 0.896. The van der Waals surface area contributed by atoms with E-state index in [9.17, 15) is 0 Å². The van der Waals surface area contributed by atoms with Crippen molar-refractivity contribution in [3.05, 3.63) is 59.7 Å². The van der Waals surface area contributed by atoms with Gasteiger partial charge in [-0.25, -0.2) is 0 Å². The molecule has 3 heteroatoms. The third-order valence-electron chi connectivity index (χ3n) is 2.37. The van der Waals surface area contributed by atoms with Crippen LogP contribution in [0.3, 0.4) is 0 Å². The van der Waals surface area contributed by atoms with Gasteiger partial charge in [-0.2, -0.15) is 5.26 Å². The van der Waals surface area contributed by atoms with Crippen molar-refractivity contribution in [2.75, 3.05) is 0 Å². The fourth-order valence-electron chi connectivity index (χ4n) is 1.50. The van der Waals surface area contributed by atoms with Crippen molar-refractivity contribution in [3.63, 3.8) is 0 Å². The SMILES string of the molecule is N#Cc1cc(CN)ccc1Sc1ccccc1. The third kappa shape index (κ3) is 2.88. The molecule has 0 aliphatic rings. The molecule has 0 bridgehead atoms. The zero-order chi connectivity index (χ0) is 12.1. The summed E-state index contributed by atoms with van der Waals surface area (Å²) in [5.74, 6) is 0. The zero-order valence-electron chi connectivity index (χ0n) is 9.26. The van der Waals surface area contributed by atoms with Crippen molar-refractivity contribution >= 4 is 11.8 Å². The predicted octanol–water partition coefficient (Wildman–Crippen LogP) is 3.17. The van der Waals surface area contributed by atoms with Crippen molar-refractivity contribution in [3.8, 4) is 6.07 Å². The fraction of sp³-hybridized carbons (Fsp3) is 0.0714. The molecule has 17 heavy (non-hydrogen) atoms. The molecule has 2 aromatic rings. The molecule has 0 saturated carbocycles. The molecule has 0 radical (unpaired) electrons. The number of rotatable bonds is 3. The first kappa shape index (κ1) is 11.7. The van der Waals surface area contributed by atoms with E-state index in [2.05, 4.69) is 6.07 Å². The van der Waals surface area contributed by atoms with Crippen molar-refractivity contribution in [1.29, 1.82) is 5.26 Å². The number of nitriles is 1. The minimum absolute atomic E-state index is 0.463. The minimum atomic E-state index is 0.463. The molecule has 0 aliphatic carbocycles. The Morgan fingerprint density at radius 2 is 1.88 bits per heavy atom. The molecule has 0 spiro atoms. The highest BCUT2D eigenvalue weighted by molar-refractivity contribution is 7.99. The smallest absolute Gasteiger partial charge is 0.100 e. The average molecular weight is 240 g/mol. The maximum absolute atomic E-state index is 9.11. The average Bonchev–Trinajstić information content (AvgIpc) is 2.40. The molecule has 0 fully saturated rings. The van der Waals surface area contributed by atoms with Crippen LogP contribution in [-0.2, 0) is 6.54 Å². The molecular formula is C14H12N2S. The largest absolute Gasteiger partial charge is 0.326 e. The van der Waals surface area contributed by atoms with Crippen LogP contribution in [0.4, 0.5) is 0 Å². The molecule has 2 N–H and O–H groups in total. The van der Waals surface area contributed by atoms with Gasteiger partial charge < -0.3 is 5.73 Å². The van der Waals surface area contributed by atoms with Crippen molar-refractivity contribution in [2.24, 2.45) is 5.73 Å². The molecule has 0 aromatic heterocycles. The zero-order valence-corrected chi connectivity index (χ0v) is 10.1. The Labute approximate surface area is 105 Å². The monoisotopic (exact) mass is 240 g/mol. The fourth-order valence-corrected chi connectivity index (χ4v) is 2.39. The predicted molar refractivity (Wildman–Crippen MR) is 69.6 cm³/mol. The van der Waals surface area contributed by atoms with Crippen LogP contribution < -0.4 is 5.73 Å². The Morgan fingerprint density at radius 3 is 2.53 bits per heavy atom. The topological polar surface area (TPSA) is 49.8 Å². The molecule has 2 rings (SSSR count). The summed E-state index contributed by atoms with van der Waals surface area (Å²) in [6, 6.07) is 18.0. The standard InChI is InChI=1S/C14H12N2S/c15-9-11-6-7-14(12(8-11)10-16)17-13-4-2-1-3-5-13/h1-8H,9,15H2. The molecule has 0 atom stereocenters. The van der Waals surface area contributed by atoms with Crippen molar-refractivity contribution in [1.82, 2.24) is 0 Å². The Bertz CT molecular complexity index is 544. The van der Waals surface area contributed by atoms with E-state index in [-0.39, 0.29) is 0 Å². The van der Waals surface area contributed by atoms with Gasteiger partial charge in [0.2, 0.25) is 0 Å². The summed E-state index contributed by atoms with van der Waals surface area (Å²) in [5, 5.41) is 9.11. The number of nitrogens with two attached hydrogens (primary N) is 1. The highest BCUT2D eigenvalue weighted by atomic mass is 32.2. The lowest BCUT2D eigenvalue weighted by molar-refractivity contribution is 1.06. The van der Waals surface area contributed by atoms with Crippen LogP contribution in [-0.4, -0.2) is 0 Å². The van der Waals surface area contributed by atoms with E-state index in [0.717, 1.165) is 15.4 Å². The maximum Gasteiger partial charge on any atom is 0.100 e. The van der Waals surface area contributed by atoms with E-state index in [1.165, 1.54) is 0 Å². The molecule has 0 amide bonds. The van der Waals surface area contributed by atoms with E-state index >= 15 is 0 Å². The van der Waals surface area contributed by atoms with Gasteiger partial charge in [-0.1, -0.05) is 36.0 Å². The summed E-state index contributed by atoms with van der Waals surface area (Å²) in [4.78, 5) is 2.10. The third-order valence-corrected chi connectivity index (χ3v) is 3.45. The normalized spacial score (nSPS) is 9.88. The molecule has 0 saturated heterocycles. The minimum Gasteiger partial charge on any atom is -0.326 e. The molecule has 0 unspecified atom stereocenters. The van der Waals surface area contributed by atoms with Crippen molar-refractivity contribution in [2.45, 2.75) is 16.3 Å². The molecule has 2 nitrogen and oxygen atoms in total. The first-order valence-electron chi connectivity index (χ1n) is 5.29. The van der Waals surface area contributed by atoms with Gasteiger partial charge in [0.25, 0.3) is 0 Å². The molecular weight excluding hydrogens is 228 g/mol. The van der Waals surface area contributed by atoms with Crippen molar-refractivity contribution < 1.29 is 0 Å². The highest BCUT2D eigenvalue weighted by Gasteiger charge is 2.04. The Kier molecular flexibility index (Phi) is 3.81. The lowest BCUT2D eigenvalue weighted by Gasteiger charge is -2.05. The molecule has 84 valence electrons. The second kappa shape index (κ2) is 5.53. The van der Waals surface area contributed by atoms with E-state index in [1.807, 2.05) is 48.5 Å². The molecule has 0 heterocycles. The van der Waals surface area contributed by atoms with Crippen LogP contribution in [0.5, 0.6) is 0 Å². The highest BCUT2D eigenvalue weighted by Crippen LogP contribution is 2.30.